The van der Waals surface area contributed by atoms with Crippen LogP contribution >= 0.6 is 0 Å². The number of halogens is 1. The maximum absolute atomic E-state index is 12.9. The first-order chi connectivity index (χ1) is 6.86. The Balaban J connectivity index is 3.39. The summed E-state index contributed by atoms with van der Waals surface area (Å²) in [6, 6.07) is 4.48. The maximum Gasteiger partial charge on any atom is 0.335 e. The number of rotatable bonds is 3. The van der Waals surface area contributed by atoms with E-state index in [2.05, 4.69) is 0 Å². The second-order valence-corrected chi connectivity index (χ2v) is 4.82. The van der Waals surface area contributed by atoms with Gasteiger partial charge in [-0.05, 0) is 23.6 Å². The molecule has 0 radical (unpaired) electrons. The van der Waals surface area contributed by atoms with Gasteiger partial charge >= 0.3 is 10.2 Å². The van der Waals surface area contributed by atoms with E-state index in [0.29, 0.717) is 0 Å². The van der Waals surface area contributed by atoms with E-state index in [9.17, 15) is 12.3 Å². The summed E-state index contributed by atoms with van der Waals surface area (Å²) in [4.78, 5) is -0.406. The molecule has 0 spiro atoms. The standard InChI is InChI=1S/C10H13FO3S/c1-7(2)8-4-5-9(14-3)10(6-8)15(11,12)13/h4-7H,1-3H3. The van der Waals surface area contributed by atoms with Crippen molar-refractivity contribution in [3.05, 3.63) is 23.8 Å². The van der Waals surface area contributed by atoms with Gasteiger partial charge in [0.05, 0.1) is 7.11 Å². The largest absolute Gasteiger partial charge is 0.495 e. The van der Waals surface area contributed by atoms with Crippen LogP contribution in [-0.4, -0.2) is 15.5 Å². The summed E-state index contributed by atoms with van der Waals surface area (Å²) < 4.78 is 39.4. The first-order valence-corrected chi connectivity index (χ1v) is 5.87. The summed E-state index contributed by atoms with van der Waals surface area (Å²) in [6.07, 6.45) is 0. The van der Waals surface area contributed by atoms with Gasteiger partial charge in [-0.25, -0.2) is 0 Å². The second-order valence-electron chi connectivity index (χ2n) is 3.50. The molecule has 0 saturated heterocycles. The van der Waals surface area contributed by atoms with Gasteiger partial charge in [0.2, 0.25) is 0 Å². The third-order valence-corrected chi connectivity index (χ3v) is 2.96. The van der Waals surface area contributed by atoms with Crippen molar-refractivity contribution in [2.45, 2.75) is 24.7 Å². The highest BCUT2D eigenvalue weighted by Crippen LogP contribution is 2.28. The Morgan fingerprint density at radius 2 is 1.93 bits per heavy atom. The minimum Gasteiger partial charge on any atom is -0.495 e. The molecule has 5 heteroatoms. The average molecular weight is 232 g/mol. The molecule has 0 unspecified atom stereocenters. The molecular formula is C10H13FO3S. The van der Waals surface area contributed by atoms with Crippen LogP contribution in [0.1, 0.15) is 25.3 Å². The zero-order chi connectivity index (χ0) is 11.6. The van der Waals surface area contributed by atoms with Crippen molar-refractivity contribution in [2.24, 2.45) is 0 Å². The van der Waals surface area contributed by atoms with Crippen LogP contribution in [0.2, 0.25) is 0 Å². The normalized spacial score (nSPS) is 11.8. The van der Waals surface area contributed by atoms with Gasteiger partial charge in [-0.3, -0.25) is 0 Å². The molecule has 84 valence electrons. The van der Waals surface area contributed by atoms with Gasteiger partial charge in [0.1, 0.15) is 10.6 Å². The summed E-state index contributed by atoms with van der Waals surface area (Å²) in [7, 11) is -3.42. The van der Waals surface area contributed by atoms with Gasteiger partial charge in [-0.1, -0.05) is 19.9 Å². The molecule has 0 N–H and O–H groups in total. The van der Waals surface area contributed by atoms with Gasteiger partial charge in [-0.2, -0.15) is 8.42 Å². The fraction of sp³-hybridized carbons (Fsp3) is 0.400. The molecule has 0 amide bonds. The maximum atomic E-state index is 12.9. The smallest absolute Gasteiger partial charge is 0.335 e. The fourth-order valence-electron chi connectivity index (χ4n) is 1.24. The second kappa shape index (κ2) is 4.18. The molecule has 0 fully saturated rings. The molecule has 1 rings (SSSR count). The quantitative estimate of drug-likeness (QED) is 0.752. The van der Waals surface area contributed by atoms with Crippen molar-refractivity contribution in [3.63, 3.8) is 0 Å². The molecule has 1 aromatic rings. The van der Waals surface area contributed by atoms with Crippen LogP contribution < -0.4 is 4.74 Å². The van der Waals surface area contributed by atoms with Crippen molar-refractivity contribution in [1.29, 1.82) is 0 Å². The summed E-state index contributed by atoms with van der Waals surface area (Å²) in [5.74, 6) is 0.165. The van der Waals surface area contributed by atoms with E-state index in [4.69, 9.17) is 4.74 Å². The van der Waals surface area contributed by atoms with Gasteiger partial charge in [0.15, 0.2) is 0 Å². The first-order valence-electron chi connectivity index (χ1n) is 4.49. The number of benzene rings is 1. The van der Waals surface area contributed by atoms with Crippen molar-refractivity contribution in [1.82, 2.24) is 0 Å². The highest BCUT2D eigenvalue weighted by atomic mass is 32.3. The Morgan fingerprint density at radius 3 is 2.33 bits per heavy atom. The van der Waals surface area contributed by atoms with E-state index in [0.717, 1.165) is 5.56 Å². The molecule has 0 saturated carbocycles. The van der Waals surface area contributed by atoms with E-state index in [1.807, 2.05) is 13.8 Å². The zero-order valence-corrected chi connectivity index (χ0v) is 9.64. The number of ether oxygens (including phenoxy) is 1. The van der Waals surface area contributed by atoms with Gasteiger partial charge in [0, 0.05) is 0 Å². The molecule has 0 aliphatic heterocycles. The molecule has 15 heavy (non-hydrogen) atoms. The van der Waals surface area contributed by atoms with Crippen LogP contribution in [-0.2, 0) is 10.2 Å². The predicted octanol–water partition coefficient (Wildman–Crippen LogP) is 2.48. The van der Waals surface area contributed by atoms with E-state index in [1.54, 1.807) is 6.07 Å². The Morgan fingerprint density at radius 1 is 1.33 bits per heavy atom. The lowest BCUT2D eigenvalue weighted by atomic mass is 10.0. The van der Waals surface area contributed by atoms with E-state index < -0.39 is 15.1 Å². The van der Waals surface area contributed by atoms with Gasteiger partial charge in [-0.15, -0.1) is 3.89 Å². The molecule has 0 aromatic heterocycles. The van der Waals surface area contributed by atoms with Crippen LogP contribution in [0.25, 0.3) is 0 Å². The topological polar surface area (TPSA) is 43.4 Å². The van der Waals surface area contributed by atoms with Crippen LogP contribution in [0, 0.1) is 0 Å². The van der Waals surface area contributed by atoms with E-state index in [-0.39, 0.29) is 11.7 Å². The SMILES string of the molecule is COc1ccc(C(C)C)cc1S(=O)(=O)F. The van der Waals surface area contributed by atoms with Crippen LogP contribution in [0.5, 0.6) is 5.75 Å². The van der Waals surface area contributed by atoms with E-state index >= 15 is 0 Å². The van der Waals surface area contributed by atoms with Crippen LogP contribution in [0.4, 0.5) is 3.89 Å². The monoisotopic (exact) mass is 232 g/mol. The molecule has 0 heterocycles. The van der Waals surface area contributed by atoms with Crippen LogP contribution in [0.15, 0.2) is 23.1 Å². The fourth-order valence-corrected chi connectivity index (χ4v) is 1.91. The van der Waals surface area contributed by atoms with Gasteiger partial charge < -0.3 is 4.74 Å². The third kappa shape index (κ3) is 2.68. The van der Waals surface area contributed by atoms with Gasteiger partial charge in [0.25, 0.3) is 0 Å². The lowest BCUT2D eigenvalue weighted by Gasteiger charge is -2.09. The lowest BCUT2D eigenvalue weighted by molar-refractivity contribution is 0.401. The molecule has 3 nitrogen and oxygen atoms in total. The van der Waals surface area contributed by atoms with Crippen molar-refractivity contribution in [3.8, 4) is 5.75 Å². The Labute approximate surface area is 89.1 Å². The Bertz CT molecular complexity index is 452. The number of methoxy groups -OCH3 is 1. The first kappa shape index (κ1) is 12.0. The molecule has 0 aliphatic rings. The summed E-state index contributed by atoms with van der Waals surface area (Å²) in [6.45, 7) is 3.80. The minimum atomic E-state index is -4.73. The summed E-state index contributed by atoms with van der Waals surface area (Å²) >= 11 is 0. The summed E-state index contributed by atoms with van der Waals surface area (Å²) in [5.41, 5.74) is 0.757. The Kier molecular flexibility index (Phi) is 3.34. The van der Waals surface area contributed by atoms with Crippen molar-refractivity contribution < 1.29 is 17.0 Å². The van der Waals surface area contributed by atoms with Crippen molar-refractivity contribution in [2.75, 3.05) is 7.11 Å². The highest BCUT2D eigenvalue weighted by Gasteiger charge is 2.19. The zero-order valence-electron chi connectivity index (χ0n) is 8.82. The molecule has 0 bridgehead atoms. The predicted molar refractivity (Wildman–Crippen MR) is 55.4 cm³/mol. The number of hydrogen-bond acceptors (Lipinski definition) is 3. The van der Waals surface area contributed by atoms with Crippen molar-refractivity contribution >= 4 is 10.2 Å². The highest BCUT2D eigenvalue weighted by molar-refractivity contribution is 7.86. The number of hydrogen-bond donors (Lipinski definition) is 0. The van der Waals surface area contributed by atoms with Crippen LogP contribution in [0.3, 0.4) is 0 Å². The third-order valence-electron chi connectivity index (χ3n) is 2.12. The molecular weight excluding hydrogens is 219 g/mol. The van der Waals surface area contributed by atoms with E-state index in [1.165, 1.54) is 19.2 Å². The summed E-state index contributed by atoms with van der Waals surface area (Å²) in [5, 5.41) is 0. The molecule has 0 atom stereocenters. The Hall–Kier alpha value is -1.10. The lowest BCUT2D eigenvalue weighted by Crippen LogP contribution is -1.99. The minimum absolute atomic E-state index is 0.0295. The molecule has 1 aromatic carbocycles. The molecule has 0 aliphatic carbocycles. The average Bonchev–Trinajstić information content (AvgIpc) is 2.15.